The highest BCUT2D eigenvalue weighted by Gasteiger charge is 2.32. The number of nitrogens with zero attached hydrogens (tertiary/aromatic N) is 4. The van der Waals surface area contributed by atoms with Crippen molar-refractivity contribution >= 4 is 34.7 Å². The number of nitrogens with one attached hydrogen (secondary N) is 1. The first kappa shape index (κ1) is 22.7. The Kier molecular flexibility index (Phi) is 6.76. The van der Waals surface area contributed by atoms with Gasteiger partial charge in [-0.1, -0.05) is 23.7 Å². The molecule has 0 radical (unpaired) electrons. The fourth-order valence-corrected chi connectivity index (χ4v) is 4.43. The smallest absolute Gasteiger partial charge is 0.370 e. The van der Waals surface area contributed by atoms with Crippen LogP contribution in [0.15, 0.2) is 36.5 Å². The summed E-state index contributed by atoms with van der Waals surface area (Å²) in [7, 11) is 0. The molecule has 1 aromatic carbocycles. The molecule has 0 aliphatic carbocycles. The average molecular weight is 468 g/mol. The van der Waals surface area contributed by atoms with Gasteiger partial charge < -0.3 is 15.1 Å². The molecule has 2 saturated heterocycles. The van der Waals surface area contributed by atoms with E-state index in [0.29, 0.717) is 32.0 Å². The van der Waals surface area contributed by atoms with Crippen molar-refractivity contribution in [2.75, 3.05) is 60.9 Å². The number of para-hydroxylation sites is 2. The predicted molar refractivity (Wildman–Crippen MR) is 119 cm³/mol. The summed E-state index contributed by atoms with van der Waals surface area (Å²) in [6.45, 7) is 4.45. The number of benzene rings is 1. The van der Waals surface area contributed by atoms with E-state index in [0.717, 1.165) is 49.6 Å². The number of carbonyl (C=O) groups excluding carboxylic acids is 1. The molecule has 1 N–H and O–H groups in total. The Morgan fingerprint density at radius 1 is 1.03 bits per heavy atom. The molecule has 0 saturated carbocycles. The predicted octanol–water partition coefficient (Wildman–Crippen LogP) is 4.11. The number of amides is 1. The first-order valence-electron chi connectivity index (χ1n) is 10.6. The van der Waals surface area contributed by atoms with Crippen LogP contribution in [0.5, 0.6) is 0 Å². The van der Waals surface area contributed by atoms with Crippen LogP contribution in [0, 0.1) is 0 Å². The maximum atomic E-state index is 12.8. The Labute approximate surface area is 190 Å². The minimum atomic E-state index is -4.48. The van der Waals surface area contributed by atoms with Crippen molar-refractivity contribution in [2.45, 2.75) is 19.0 Å². The van der Waals surface area contributed by atoms with E-state index in [2.05, 4.69) is 15.2 Å². The molecule has 2 aliphatic heterocycles. The summed E-state index contributed by atoms with van der Waals surface area (Å²) in [5.74, 6) is 0.249. The van der Waals surface area contributed by atoms with Crippen LogP contribution in [0.25, 0.3) is 0 Å². The number of carbonyl (C=O) groups is 1. The van der Waals surface area contributed by atoms with Crippen molar-refractivity contribution in [3.8, 4) is 0 Å². The van der Waals surface area contributed by atoms with Crippen molar-refractivity contribution in [1.29, 1.82) is 0 Å². The number of pyridine rings is 1. The third-order valence-corrected chi connectivity index (χ3v) is 6.09. The molecular weight excluding hydrogens is 443 g/mol. The molecule has 1 amide bonds. The van der Waals surface area contributed by atoms with E-state index >= 15 is 0 Å². The molecule has 0 unspecified atom stereocenters. The third-order valence-electron chi connectivity index (χ3n) is 5.81. The van der Waals surface area contributed by atoms with Crippen molar-refractivity contribution in [3.05, 3.63) is 47.1 Å². The number of piperazine rings is 1. The fourth-order valence-electron chi connectivity index (χ4n) is 4.14. The Bertz CT molecular complexity index is 957. The number of alkyl halides is 3. The summed E-state index contributed by atoms with van der Waals surface area (Å²) < 4.78 is 38.5. The fraction of sp³-hybridized carbons (Fsp3) is 0.455. The van der Waals surface area contributed by atoms with Crippen LogP contribution in [0.2, 0.25) is 5.02 Å². The van der Waals surface area contributed by atoms with E-state index in [9.17, 15) is 18.0 Å². The highest BCUT2D eigenvalue weighted by molar-refractivity contribution is 6.33. The normalized spacial score (nSPS) is 17.6. The van der Waals surface area contributed by atoms with Crippen molar-refractivity contribution in [3.63, 3.8) is 0 Å². The lowest BCUT2D eigenvalue weighted by atomic mass is 10.2. The number of hydrogen-bond acceptors (Lipinski definition) is 5. The average Bonchev–Trinajstić information content (AvgIpc) is 3.29. The summed E-state index contributed by atoms with van der Waals surface area (Å²) in [6, 6.07) is 8.74. The second-order valence-corrected chi connectivity index (χ2v) is 8.46. The van der Waals surface area contributed by atoms with Crippen molar-refractivity contribution < 1.29 is 18.0 Å². The minimum Gasteiger partial charge on any atom is -0.370 e. The number of rotatable bonds is 5. The second-order valence-electron chi connectivity index (χ2n) is 8.05. The largest absolute Gasteiger partial charge is 0.417 e. The number of halogens is 4. The van der Waals surface area contributed by atoms with Gasteiger partial charge in [-0.25, -0.2) is 4.98 Å². The number of anilines is 3. The van der Waals surface area contributed by atoms with Gasteiger partial charge in [-0.15, -0.1) is 0 Å². The summed E-state index contributed by atoms with van der Waals surface area (Å²) in [6.07, 6.45) is -1.36. The van der Waals surface area contributed by atoms with Crippen LogP contribution in [-0.4, -0.2) is 61.6 Å². The van der Waals surface area contributed by atoms with E-state index in [1.165, 1.54) is 0 Å². The van der Waals surface area contributed by atoms with Crippen LogP contribution >= 0.6 is 11.6 Å². The monoisotopic (exact) mass is 467 g/mol. The summed E-state index contributed by atoms with van der Waals surface area (Å²) >= 11 is 6.06. The minimum absolute atomic E-state index is 0.0236. The Hall–Kier alpha value is -2.52. The van der Waals surface area contributed by atoms with E-state index in [1.54, 1.807) is 0 Å². The van der Waals surface area contributed by atoms with Gasteiger partial charge in [-0.3, -0.25) is 9.69 Å². The van der Waals surface area contributed by atoms with Crippen molar-refractivity contribution in [1.82, 2.24) is 9.88 Å². The standard InChI is InChI=1S/C22H25ClF3N5O/c23-17-13-16(22(24,25)26)14-27-21(17)31-11-9-29(10-12-31)15-20(32)28-18-5-1-2-6-19(18)30-7-3-4-8-30/h1-2,5-6,13-14H,3-4,7-12,15H2,(H,28,32). The van der Waals surface area contributed by atoms with Gasteiger partial charge in [0.2, 0.25) is 5.91 Å². The number of hydrogen-bond donors (Lipinski definition) is 1. The molecule has 10 heteroatoms. The van der Waals surface area contributed by atoms with Gasteiger partial charge in [0.05, 0.1) is 28.5 Å². The van der Waals surface area contributed by atoms with Crippen LogP contribution in [0.3, 0.4) is 0 Å². The quantitative estimate of drug-likeness (QED) is 0.717. The first-order valence-corrected chi connectivity index (χ1v) is 11.0. The van der Waals surface area contributed by atoms with E-state index in [-0.39, 0.29) is 17.5 Å². The van der Waals surface area contributed by atoms with Gasteiger partial charge in [0.25, 0.3) is 0 Å². The van der Waals surface area contributed by atoms with Gasteiger partial charge in [0.15, 0.2) is 0 Å². The first-order chi connectivity index (χ1) is 15.3. The molecule has 0 atom stereocenters. The van der Waals surface area contributed by atoms with Crippen LogP contribution in [0.1, 0.15) is 18.4 Å². The van der Waals surface area contributed by atoms with Gasteiger partial charge in [-0.2, -0.15) is 13.2 Å². The van der Waals surface area contributed by atoms with Gasteiger partial charge in [0.1, 0.15) is 5.82 Å². The molecule has 2 fully saturated rings. The highest BCUT2D eigenvalue weighted by Crippen LogP contribution is 2.34. The molecular formula is C22H25ClF3N5O. The van der Waals surface area contributed by atoms with E-state index < -0.39 is 11.7 Å². The topological polar surface area (TPSA) is 51.7 Å². The molecule has 1 aromatic heterocycles. The van der Waals surface area contributed by atoms with E-state index in [1.807, 2.05) is 34.1 Å². The Morgan fingerprint density at radius 3 is 2.38 bits per heavy atom. The molecule has 4 rings (SSSR count). The maximum absolute atomic E-state index is 12.8. The maximum Gasteiger partial charge on any atom is 0.417 e. The molecule has 0 spiro atoms. The van der Waals surface area contributed by atoms with Crippen LogP contribution < -0.4 is 15.1 Å². The molecule has 172 valence electrons. The van der Waals surface area contributed by atoms with Crippen LogP contribution in [-0.2, 0) is 11.0 Å². The molecule has 0 bridgehead atoms. The second kappa shape index (κ2) is 9.54. The zero-order chi connectivity index (χ0) is 22.7. The zero-order valence-corrected chi connectivity index (χ0v) is 18.3. The van der Waals surface area contributed by atoms with Gasteiger partial charge >= 0.3 is 6.18 Å². The Balaban J connectivity index is 1.32. The van der Waals surface area contributed by atoms with Crippen molar-refractivity contribution in [2.24, 2.45) is 0 Å². The van der Waals surface area contributed by atoms with Gasteiger partial charge in [-0.05, 0) is 31.0 Å². The molecule has 3 heterocycles. The zero-order valence-electron chi connectivity index (χ0n) is 17.5. The number of aromatic nitrogens is 1. The molecule has 6 nitrogen and oxygen atoms in total. The van der Waals surface area contributed by atoms with Crippen LogP contribution in [0.4, 0.5) is 30.4 Å². The summed E-state index contributed by atoms with van der Waals surface area (Å²) in [5.41, 5.74) is 1.00. The van der Waals surface area contributed by atoms with Gasteiger partial charge in [0, 0.05) is 45.5 Å². The molecule has 2 aromatic rings. The molecule has 32 heavy (non-hydrogen) atoms. The lowest BCUT2D eigenvalue weighted by Crippen LogP contribution is -2.49. The summed E-state index contributed by atoms with van der Waals surface area (Å²) in [5, 5.41) is 3.01. The lowest BCUT2D eigenvalue weighted by Gasteiger charge is -2.35. The Morgan fingerprint density at radius 2 is 1.72 bits per heavy atom. The summed E-state index contributed by atoms with van der Waals surface area (Å²) in [4.78, 5) is 22.7. The SMILES string of the molecule is O=C(CN1CCN(c2ncc(C(F)(F)F)cc2Cl)CC1)Nc1ccccc1N1CCCC1. The van der Waals surface area contributed by atoms with E-state index in [4.69, 9.17) is 11.6 Å². The molecule has 2 aliphatic rings. The lowest BCUT2D eigenvalue weighted by molar-refractivity contribution is -0.137. The highest BCUT2D eigenvalue weighted by atomic mass is 35.5. The third kappa shape index (κ3) is 5.27.